The summed E-state index contributed by atoms with van der Waals surface area (Å²) in [7, 11) is 3.16. The van der Waals surface area contributed by atoms with Crippen molar-refractivity contribution in [1.29, 1.82) is 0 Å². The van der Waals surface area contributed by atoms with Crippen LogP contribution in [0.25, 0.3) is 11.4 Å². The Hall–Kier alpha value is -3.97. The predicted octanol–water partition coefficient (Wildman–Crippen LogP) is 3.37. The van der Waals surface area contributed by atoms with Gasteiger partial charge in [0.15, 0.2) is 11.4 Å². The van der Waals surface area contributed by atoms with Gasteiger partial charge in [-0.2, -0.15) is 18.2 Å². The number of hydrogen-bond acceptors (Lipinski definition) is 9. The van der Waals surface area contributed by atoms with E-state index in [0.29, 0.717) is 18.6 Å². The molecule has 1 amide bonds. The van der Waals surface area contributed by atoms with Crippen LogP contribution in [0.15, 0.2) is 33.3 Å². The molecular weight excluding hydrogens is 439 g/mol. The molecule has 3 rings (SSSR count). The number of benzene rings is 1. The second kappa shape index (κ2) is 9.03. The van der Waals surface area contributed by atoms with Crippen LogP contribution < -0.4 is 4.74 Å². The number of hydrogen-bond donors (Lipinski definition) is 0. The van der Waals surface area contributed by atoms with Crippen molar-refractivity contribution < 1.29 is 36.7 Å². The van der Waals surface area contributed by atoms with Crippen LogP contribution in [-0.4, -0.2) is 51.7 Å². The Balaban J connectivity index is 1.64. The molecule has 32 heavy (non-hydrogen) atoms. The van der Waals surface area contributed by atoms with E-state index in [1.54, 1.807) is 14.1 Å². The van der Waals surface area contributed by atoms with Gasteiger partial charge in [0.1, 0.15) is 5.76 Å². The van der Waals surface area contributed by atoms with Crippen molar-refractivity contribution in [2.75, 3.05) is 20.7 Å². The molecule has 3 aromatic rings. The van der Waals surface area contributed by atoms with E-state index in [1.165, 1.54) is 23.1 Å². The highest BCUT2D eigenvalue weighted by molar-refractivity contribution is 5.91. The molecule has 0 aliphatic rings. The first-order valence-electron chi connectivity index (χ1n) is 9.06. The Bertz CT molecular complexity index is 1120. The van der Waals surface area contributed by atoms with E-state index in [4.69, 9.17) is 9.26 Å². The predicted molar refractivity (Wildman–Crippen MR) is 99.7 cm³/mol. The average molecular weight is 455 g/mol. The number of rotatable bonds is 8. The Morgan fingerprint density at radius 3 is 2.59 bits per heavy atom. The summed E-state index contributed by atoms with van der Waals surface area (Å²) in [5, 5.41) is 18.3. The first-order valence-corrected chi connectivity index (χ1v) is 9.06. The monoisotopic (exact) mass is 455 g/mol. The van der Waals surface area contributed by atoms with Gasteiger partial charge in [-0.05, 0) is 18.6 Å². The second-order valence-corrected chi connectivity index (χ2v) is 6.69. The molecule has 2 aromatic heterocycles. The molecule has 0 bridgehead atoms. The third kappa shape index (κ3) is 5.19. The molecule has 0 aliphatic carbocycles. The molecule has 0 N–H and O–H groups in total. The molecule has 0 radical (unpaired) electrons. The maximum absolute atomic E-state index is 12.6. The largest absolute Gasteiger partial charge is 0.487 e. The number of alkyl halides is 3. The van der Waals surface area contributed by atoms with E-state index in [2.05, 4.69) is 19.8 Å². The standard InChI is InChI=1S/C18H16F3N5O6/c1-25(2)16(27)12-9-11(31-23-12)4-3-7-30-14-6-5-10(8-13(14)26(28)29)15-22-17(32-24-15)18(19,20)21/h5-6,8-9H,3-4,7H2,1-2H3. The molecular formula is C18H16F3N5O6. The number of carbonyl (C=O) groups is 1. The topological polar surface area (TPSA) is 138 Å². The number of nitrogens with zero attached hydrogens (tertiary/aromatic N) is 5. The van der Waals surface area contributed by atoms with Crippen molar-refractivity contribution in [2.24, 2.45) is 0 Å². The fourth-order valence-electron chi connectivity index (χ4n) is 2.57. The van der Waals surface area contributed by atoms with Crippen LogP contribution in [0.5, 0.6) is 5.75 Å². The molecule has 0 aliphatic heterocycles. The highest BCUT2D eigenvalue weighted by atomic mass is 19.4. The smallest absolute Gasteiger partial charge is 0.471 e. The Morgan fingerprint density at radius 2 is 1.97 bits per heavy atom. The third-order valence-electron chi connectivity index (χ3n) is 4.09. The van der Waals surface area contributed by atoms with E-state index in [9.17, 15) is 28.1 Å². The van der Waals surface area contributed by atoms with E-state index in [1.807, 2.05) is 0 Å². The van der Waals surface area contributed by atoms with Crippen molar-refractivity contribution in [3.8, 4) is 17.1 Å². The first kappa shape index (κ1) is 22.7. The SMILES string of the molecule is CN(C)C(=O)c1cc(CCCOc2ccc(-c3noc(C(F)(F)F)n3)cc2[N+](=O)[O-])on1. The zero-order chi connectivity index (χ0) is 23.5. The fraction of sp³-hybridized carbons (Fsp3) is 0.333. The van der Waals surface area contributed by atoms with Crippen molar-refractivity contribution >= 4 is 11.6 Å². The molecule has 1 aromatic carbocycles. The van der Waals surface area contributed by atoms with Gasteiger partial charge in [0.05, 0.1) is 11.5 Å². The van der Waals surface area contributed by atoms with Crippen LogP contribution in [0.1, 0.15) is 28.6 Å². The summed E-state index contributed by atoms with van der Waals surface area (Å²) in [6.07, 6.45) is -4.07. The molecule has 0 saturated carbocycles. The molecule has 0 spiro atoms. The van der Waals surface area contributed by atoms with Gasteiger partial charge in [-0.25, -0.2) is 0 Å². The van der Waals surface area contributed by atoms with Crippen LogP contribution >= 0.6 is 0 Å². The molecule has 2 heterocycles. The van der Waals surface area contributed by atoms with Gasteiger partial charge in [-0.3, -0.25) is 14.9 Å². The normalized spacial score (nSPS) is 11.4. The minimum atomic E-state index is -4.83. The number of ether oxygens (including phenoxy) is 1. The summed E-state index contributed by atoms with van der Waals surface area (Å²) in [5.41, 5.74) is -0.352. The molecule has 0 atom stereocenters. The summed E-state index contributed by atoms with van der Waals surface area (Å²) in [6.45, 7) is 0.0677. The summed E-state index contributed by atoms with van der Waals surface area (Å²) in [6, 6.07) is 5.01. The number of aromatic nitrogens is 3. The lowest BCUT2D eigenvalue weighted by molar-refractivity contribution is -0.385. The highest BCUT2D eigenvalue weighted by Gasteiger charge is 2.38. The number of nitro groups is 1. The van der Waals surface area contributed by atoms with Crippen LogP contribution in [0.3, 0.4) is 0 Å². The Morgan fingerprint density at radius 1 is 1.22 bits per heavy atom. The van der Waals surface area contributed by atoms with Crippen LogP contribution in [-0.2, 0) is 12.6 Å². The molecule has 0 unspecified atom stereocenters. The Labute approximate surface area is 177 Å². The third-order valence-corrected chi connectivity index (χ3v) is 4.09. The van der Waals surface area contributed by atoms with Crippen molar-refractivity contribution in [1.82, 2.24) is 20.2 Å². The van der Waals surface area contributed by atoms with Gasteiger partial charge in [-0.1, -0.05) is 10.3 Å². The molecule has 14 heteroatoms. The van der Waals surface area contributed by atoms with Gasteiger partial charge in [0.25, 0.3) is 5.91 Å². The minimum absolute atomic E-state index is 0.0388. The van der Waals surface area contributed by atoms with Crippen molar-refractivity contribution in [3.05, 3.63) is 51.7 Å². The summed E-state index contributed by atoms with van der Waals surface area (Å²) in [4.78, 5) is 27.0. The van der Waals surface area contributed by atoms with Crippen molar-refractivity contribution in [3.63, 3.8) is 0 Å². The highest BCUT2D eigenvalue weighted by Crippen LogP contribution is 2.33. The number of carbonyl (C=O) groups excluding carboxylic acids is 1. The van der Waals surface area contributed by atoms with Gasteiger partial charge in [-0.15, -0.1) is 0 Å². The number of aryl methyl sites for hydroxylation is 1. The second-order valence-electron chi connectivity index (χ2n) is 6.69. The summed E-state index contributed by atoms with van der Waals surface area (Å²) < 4.78 is 52.5. The maximum Gasteiger partial charge on any atom is 0.471 e. The van der Waals surface area contributed by atoms with Gasteiger partial charge < -0.3 is 18.7 Å². The Kier molecular flexibility index (Phi) is 6.41. The lowest BCUT2D eigenvalue weighted by Crippen LogP contribution is -2.21. The van der Waals surface area contributed by atoms with Gasteiger partial charge in [0.2, 0.25) is 5.82 Å². The fourth-order valence-corrected chi connectivity index (χ4v) is 2.57. The van der Waals surface area contributed by atoms with Crippen molar-refractivity contribution in [2.45, 2.75) is 19.0 Å². The lowest BCUT2D eigenvalue weighted by atomic mass is 10.1. The minimum Gasteiger partial charge on any atom is -0.487 e. The number of halogens is 3. The number of amides is 1. The molecule has 11 nitrogen and oxygen atoms in total. The summed E-state index contributed by atoms with van der Waals surface area (Å²) >= 11 is 0. The zero-order valence-corrected chi connectivity index (χ0v) is 16.8. The van der Waals surface area contributed by atoms with Crippen LogP contribution in [0.2, 0.25) is 0 Å². The van der Waals surface area contributed by atoms with Gasteiger partial charge >= 0.3 is 17.8 Å². The summed E-state index contributed by atoms with van der Waals surface area (Å²) in [5.74, 6) is -1.95. The van der Waals surface area contributed by atoms with Crippen LogP contribution in [0, 0.1) is 10.1 Å². The van der Waals surface area contributed by atoms with E-state index in [0.717, 1.165) is 6.07 Å². The molecule has 0 saturated heterocycles. The molecule has 0 fully saturated rings. The zero-order valence-electron chi connectivity index (χ0n) is 16.8. The van der Waals surface area contributed by atoms with E-state index in [-0.39, 0.29) is 29.5 Å². The quantitative estimate of drug-likeness (QED) is 0.284. The number of nitro benzene ring substituents is 1. The molecule has 170 valence electrons. The van der Waals surface area contributed by atoms with E-state index < -0.39 is 28.5 Å². The maximum atomic E-state index is 12.6. The first-order chi connectivity index (χ1) is 15.1. The van der Waals surface area contributed by atoms with E-state index >= 15 is 0 Å². The lowest BCUT2D eigenvalue weighted by Gasteiger charge is -2.07. The van der Waals surface area contributed by atoms with Gasteiger partial charge in [0, 0.05) is 38.2 Å². The average Bonchev–Trinajstić information content (AvgIpc) is 3.40. The van der Waals surface area contributed by atoms with Crippen LogP contribution in [0.4, 0.5) is 18.9 Å².